The SMILES string of the molecule is CC(C)(C)c1cc[c-]c(-n2c3[c-]c(Oc4[c-]c(N5[CH-]N(c6c(-c7ccccc7)cccc6-c6ccccc6)c6ccccc65)ccc4)ccc3c3ccccc32)c1.[Pt+4]. The molecule has 5 heteroatoms. The maximum atomic E-state index is 6.62. The normalized spacial score (nSPS) is 12.5. The molecule has 10 rings (SSSR count). The molecule has 282 valence electrons. The monoisotopic (exact) mass is 928 g/mol. The molecule has 58 heavy (non-hydrogen) atoms. The van der Waals surface area contributed by atoms with Crippen LogP contribution in [0.1, 0.15) is 26.3 Å². The minimum atomic E-state index is 0. The van der Waals surface area contributed by atoms with Gasteiger partial charge in [0.25, 0.3) is 0 Å². The van der Waals surface area contributed by atoms with Crippen molar-refractivity contribution in [3.63, 3.8) is 0 Å². The van der Waals surface area contributed by atoms with Gasteiger partial charge in [-0.2, -0.15) is 35.9 Å². The molecule has 0 saturated heterocycles. The van der Waals surface area contributed by atoms with Crippen LogP contribution in [0.2, 0.25) is 0 Å². The quantitative estimate of drug-likeness (QED) is 0.149. The number of anilines is 4. The summed E-state index contributed by atoms with van der Waals surface area (Å²) < 4.78 is 8.86. The average molecular weight is 929 g/mol. The molecule has 0 aliphatic carbocycles. The van der Waals surface area contributed by atoms with Crippen LogP contribution in [-0.4, -0.2) is 4.57 Å². The molecule has 0 atom stereocenters. The van der Waals surface area contributed by atoms with Crippen molar-refractivity contribution in [2.75, 3.05) is 9.80 Å². The standard InChI is InChI=1S/C53H39N3O.Pt/c1-53(2,3)39-21-14-23-41(33-39)56-48-28-11-10-25-46(48)47-32-31-43(35-51(47)56)57-42-24-15-22-40(34-42)54-36-55(50-30-13-12-29-49(50)54)52-44(37-17-6-4-7-18-37)26-16-27-45(52)38-19-8-5-9-20-38;/h4-22,24-33,36H,1-3H3;/q-4;+4. The van der Waals surface area contributed by atoms with E-state index < -0.39 is 0 Å². The number of ether oxygens (including phenoxy) is 1. The Balaban J connectivity index is 0.00000436. The average Bonchev–Trinajstić information content (AvgIpc) is 3.80. The Morgan fingerprint density at radius 1 is 0.534 bits per heavy atom. The maximum absolute atomic E-state index is 6.62. The summed E-state index contributed by atoms with van der Waals surface area (Å²) in [5, 5.41) is 2.27. The zero-order chi connectivity index (χ0) is 38.5. The number of hydrogen-bond acceptors (Lipinski definition) is 3. The Kier molecular flexibility index (Phi) is 9.75. The van der Waals surface area contributed by atoms with Crippen LogP contribution in [0, 0.1) is 24.9 Å². The first kappa shape index (κ1) is 37.2. The topological polar surface area (TPSA) is 20.6 Å². The van der Waals surface area contributed by atoms with Crippen LogP contribution in [0.5, 0.6) is 11.5 Å². The molecule has 0 saturated carbocycles. The van der Waals surface area contributed by atoms with Crippen molar-refractivity contribution in [3.05, 3.63) is 206 Å². The second-order valence-electron chi connectivity index (χ2n) is 15.4. The van der Waals surface area contributed by atoms with Gasteiger partial charge in [0.1, 0.15) is 0 Å². The van der Waals surface area contributed by atoms with Crippen LogP contribution in [0.4, 0.5) is 22.7 Å². The first-order chi connectivity index (χ1) is 27.9. The number of fused-ring (bicyclic) bond motifs is 4. The van der Waals surface area contributed by atoms with Crippen molar-refractivity contribution in [1.82, 2.24) is 4.57 Å². The van der Waals surface area contributed by atoms with Crippen molar-refractivity contribution in [3.8, 4) is 39.4 Å². The van der Waals surface area contributed by atoms with Crippen molar-refractivity contribution < 1.29 is 25.8 Å². The fourth-order valence-corrected chi connectivity index (χ4v) is 7.97. The van der Waals surface area contributed by atoms with Crippen LogP contribution in [0.15, 0.2) is 176 Å². The second kappa shape index (κ2) is 15.2. The van der Waals surface area contributed by atoms with E-state index in [-0.39, 0.29) is 26.5 Å². The molecule has 1 aromatic heterocycles. The Labute approximate surface area is 354 Å². The molecule has 4 nitrogen and oxygen atoms in total. The third-order valence-corrected chi connectivity index (χ3v) is 10.8. The molecule has 1 aliphatic rings. The van der Waals surface area contributed by atoms with Crippen molar-refractivity contribution in [2.45, 2.75) is 26.2 Å². The Bertz CT molecular complexity index is 2850. The molecule has 0 fully saturated rings. The summed E-state index contributed by atoms with van der Waals surface area (Å²) in [5.41, 5.74) is 13.0. The second-order valence-corrected chi connectivity index (χ2v) is 15.4. The van der Waals surface area contributed by atoms with Crippen LogP contribution >= 0.6 is 0 Å². The van der Waals surface area contributed by atoms with E-state index in [4.69, 9.17) is 4.74 Å². The smallest absolute Gasteiger partial charge is 0.509 e. The van der Waals surface area contributed by atoms with Crippen molar-refractivity contribution in [1.29, 1.82) is 0 Å². The summed E-state index contributed by atoms with van der Waals surface area (Å²) in [6, 6.07) is 72.2. The van der Waals surface area contributed by atoms with Crippen LogP contribution < -0.4 is 14.5 Å². The molecule has 0 amide bonds. The number of rotatable bonds is 7. The van der Waals surface area contributed by atoms with E-state index in [2.05, 4.69) is 212 Å². The predicted octanol–water partition coefficient (Wildman–Crippen LogP) is 14.0. The van der Waals surface area contributed by atoms with Gasteiger partial charge >= 0.3 is 21.1 Å². The molecule has 0 radical (unpaired) electrons. The maximum Gasteiger partial charge on any atom is 4.00 e. The van der Waals surface area contributed by atoms with Gasteiger partial charge in [0.2, 0.25) is 0 Å². The van der Waals surface area contributed by atoms with E-state index in [0.717, 1.165) is 72.5 Å². The zero-order valence-electron chi connectivity index (χ0n) is 32.4. The van der Waals surface area contributed by atoms with Gasteiger partial charge in [0.15, 0.2) is 0 Å². The van der Waals surface area contributed by atoms with Gasteiger partial charge in [0.05, 0.1) is 0 Å². The van der Waals surface area contributed by atoms with Gasteiger partial charge in [0, 0.05) is 45.2 Å². The molecular formula is C53H39N3OPt. The van der Waals surface area contributed by atoms with Gasteiger partial charge in [-0.05, 0) is 40.1 Å². The number of benzene rings is 8. The summed E-state index contributed by atoms with van der Waals surface area (Å²) in [6.45, 7) is 8.89. The third-order valence-electron chi connectivity index (χ3n) is 10.8. The minimum Gasteiger partial charge on any atom is -0.509 e. The Morgan fingerprint density at radius 3 is 1.86 bits per heavy atom. The fraction of sp³-hybridized carbons (Fsp3) is 0.0755. The third kappa shape index (κ3) is 6.68. The van der Waals surface area contributed by atoms with E-state index in [0.29, 0.717) is 11.5 Å². The van der Waals surface area contributed by atoms with Crippen LogP contribution in [-0.2, 0) is 26.5 Å². The van der Waals surface area contributed by atoms with Crippen molar-refractivity contribution >= 4 is 44.6 Å². The zero-order valence-corrected chi connectivity index (χ0v) is 34.7. The van der Waals surface area contributed by atoms with Crippen LogP contribution in [0.25, 0.3) is 49.7 Å². The molecule has 0 bridgehead atoms. The van der Waals surface area contributed by atoms with E-state index in [1.807, 2.05) is 24.3 Å². The number of hydrogen-bond donors (Lipinski definition) is 0. The molecule has 8 aromatic carbocycles. The minimum absolute atomic E-state index is 0. The molecular weight excluding hydrogens is 890 g/mol. The van der Waals surface area contributed by atoms with E-state index in [9.17, 15) is 0 Å². The van der Waals surface area contributed by atoms with Crippen molar-refractivity contribution in [2.24, 2.45) is 0 Å². The fourth-order valence-electron chi connectivity index (χ4n) is 7.97. The summed E-state index contributed by atoms with van der Waals surface area (Å²) in [7, 11) is 0. The van der Waals surface area contributed by atoms with Gasteiger partial charge in [-0.1, -0.05) is 141 Å². The number of nitrogens with zero attached hydrogens (tertiary/aromatic N) is 3. The first-order valence-corrected chi connectivity index (χ1v) is 19.4. The van der Waals surface area contributed by atoms with E-state index >= 15 is 0 Å². The molecule has 2 heterocycles. The van der Waals surface area contributed by atoms with Gasteiger partial charge in [-0.15, -0.1) is 54.1 Å². The summed E-state index contributed by atoms with van der Waals surface area (Å²) in [6.07, 6.45) is 0. The summed E-state index contributed by atoms with van der Waals surface area (Å²) in [5.74, 6) is 1.22. The van der Waals surface area contributed by atoms with E-state index in [1.54, 1.807) is 0 Å². The molecule has 9 aromatic rings. The van der Waals surface area contributed by atoms with Gasteiger partial charge < -0.3 is 19.1 Å². The molecule has 1 aliphatic heterocycles. The summed E-state index contributed by atoms with van der Waals surface area (Å²) >= 11 is 0. The number of para-hydroxylation sites is 4. The molecule has 0 unspecified atom stereocenters. The Hall–Kier alpha value is -6.35. The Morgan fingerprint density at radius 2 is 1.16 bits per heavy atom. The summed E-state index contributed by atoms with van der Waals surface area (Å²) in [4.78, 5) is 4.51. The molecule has 0 spiro atoms. The van der Waals surface area contributed by atoms with Crippen LogP contribution in [0.3, 0.4) is 0 Å². The predicted molar refractivity (Wildman–Crippen MR) is 235 cm³/mol. The van der Waals surface area contributed by atoms with Gasteiger partial charge in [-0.25, -0.2) is 0 Å². The first-order valence-electron chi connectivity index (χ1n) is 19.4. The van der Waals surface area contributed by atoms with Gasteiger partial charge in [-0.3, -0.25) is 0 Å². The largest absolute Gasteiger partial charge is 4.00 e. The number of aromatic nitrogens is 1. The van der Waals surface area contributed by atoms with E-state index in [1.165, 1.54) is 5.56 Å². The molecule has 0 N–H and O–H groups in total.